The molecule has 28 heavy (non-hydrogen) atoms. The smallest absolute Gasteiger partial charge is 0.266 e. The number of benzene rings is 1. The Hall–Kier alpha value is -2.72. The van der Waals surface area contributed by atoms with E-state index in [0.29, 0.717) is 37.6 Å². The van der Waals surface area contributed by atoms with E-state index in [1.807, 2.05) is 0 Å². The molecular formula is C18H20N4O4S2. The Bertz CT molecular complexity index is 1240. The van der Waals surface area contributed by atoms with Gasteiger partial charge >= 0.3 is 0 Å². The van der Waals surface area contributed by atoms with Crippen molar-refractivity contribution in [1.82, 2.24) is 9.55 Å². The molecule has 3 aromatic rings. The fourth-order valence-corrected chi connectivity index (χ4v) is 4.45. The quantitative estimate of drug-likeness (QED) is 0.659. The molecule has 2 heterocycles. The molecule has 1 aromatic carbocycles. The van der Waals surface area contributed by atoms with Crippen LogP contribution in [0.2, 0.25) is 0 Å². The molecule has 0 saturated carbocycles. The fourth-order valence-electron chi connectivity index (χ4n) is 2.71. The van der Waals surface area contributed by atoms with Gasteiger partial charge in [0.1, 0.15) is 4.83 Å². The first-order chi connectivity index (χ1) is 13.1. The molecular weight excluding hydrogens is 400 g/mol. The van der Waals surface area contributed by atoms with Crippen molar-refractivity contribution in [2.24, 2.45) is 7.05 Å². The number of carbonyl (C=O) groups excluding carboxylic acids is 1. The van der Waals surface area contributed by atoms with Crippen molar-refractivity contribution < 1.29 is 13.2 Å². The molecule has 0 spiro atoms. The lowest BCUT2D eigenvalue weighted by Gasteiger charge is -2.11. The van der Waals surface area contributed by atoms with E-state index in [0.717, 1.165) is 11.3 Å². The molecule has 1 amide bonds. The van der Waals surface area contributed by atoms with Gasteiger partial charge in [-0.3, -0.25) is 14.3 Å². The summed E-state index contributed by atoms with van der Waals surface area (Å²) in [5, 5.41) is 3.24. The minimum absolute atomic E-state index is 0.0242. The molecule has 0 fully saturated rings. The van der Waals surface area contributed by atoms with Crippen LogP contribution in [0.4, 0.5) is 11.4 Å². The molecule has 0 aliphatic heterocycles. The van der Waals surface area contributed by atoms with Gasteiger partial charge in [0.15, 0.2) is 0 Å². The predicted molar refractivity (Wildman–Crippen MR) is 112 cm³/mol. The van der Waals surface area contributed by atoms with Crippen molar-refractivity contribution >= 4 is 48.9 Å². The summed E-state index contributed by atoms with van der Waals surface area (Å²) in [6, 6.07) is 4.91. The zero-order chi connectivity index (χ0) is 20.6. The van der Waals surface area contributed by atoms with Gasteiger partial charge in [-0.2, -0.15) is 0 Å². The molecule has 0 bridgehead atoms. The van der Waals surface area contributed by atoms with E-state index in [9.17, 15) is 18.0 Å². The van der Waals surface area contributed by atoms with Gasteiger partial charge in [-0.05, 0) is 50.1 Å². The summed E-state index contributed by atoms with van der Waals surface area (Å²) in [4.78, 5) is 30.2. The van der Waals surface area contributed by atoms with Crippen LogP contribution in [0.5, 0.6) is 0 Å². The minimum atomic E-state index is -3.38. The number of thiophene rings is 1. The minimum Gasteiger partial charge on any atom is -0.321 e. The molecule has 0 atom stereocenters. The second kappa shape index (κ2) is 7.36. The second-order valence-electron chi connectivity index (χ2n) is 6.39. The maximum absolute atomic E-state index is 12.7. The number of amides is 1. The van der Waals surface area contributed by atoms with Crippen LogP contribution in [0.15, 0.2) is 29.3 Å². The first kappa shape index (κ1) is 20.0. The SMILES string of the molecule is CCS(=O)(=O)Nc1ccc(NC(=O)c2sc3ncn(C)c(=O)c3c2C)cc1C. The number of rotatable bonds is 5. The first-order valence-electron chi connectivity index (χ1n) is 8.50. The highest BCUT2D eigenvalue weighted by molar-refractivity contribution is 7.92. The highest BCUT2D eigenvalue weighted by atomic mass is 32.2. The third-order valence-corrected chi connectivity index (χ3v) is 6.84. The Morgan fingerprint density at radius 1 is 1.29 bits per heavy atom. The first-order valence-corrected chi connectivity index (χ1v) is 11.0. The summed E-state index contributed by atoms with van der Waals surface area (Å²) < 4.78 is 27.3. The van der Waals surface area contributed by atoms with Crippen molar-refractivity contribution in [2.45, 2.75) is 20.8 Å². The number of hydrogen-bond acceptors (Lipinski definition) is 6. The Morgan fingerprint density at radius 2 is 2.00 bits per heavy atom. The number of sulfonamides is 1. The number of aryl methyl sites for hydroxylation is 3. The summed E-state index contributed by atoms with van der Waals surface area (Å²) in [7, 11) is -1.76. The molecule has 0 unspecified atom stereocenters. The second-order valence-corrected chi connectivity index (χ2v) is 9.40. The van der Waals surface area contributed by atoms with Crippen LogP contribution in [0, 0.1) is 13.8 Å². The monoisotopic (exact) mass is 420 g/mol. The summed E-state index contributed by atoms with van der Waals surface area (Å²) in [5.74, 6) is -0.368. The Labute approximate surface area is 166 Å². The molecule has 148 valence electrons. The van der Waals surface area contributed by atoms with Gasteiger partial charge in [-0.15, -0.1) is 11.3 Å². The number of hydrogen-bond donors (Lipinski definition) is 2. The van der Waals surface area contributed by atoms with E-state index in [4.69, 9.17) is 0 Å². The van der Waals surface area contributed by atoms with Crippen LogP contribution in [0.1, 0.15) is 27.7 Å². The van der Waals surface area contributed by atoms with E-state index >= 15 is 0 Å². The number of nitrogens with zero attached hydrogens (tertiary/aromatic N) is 2. The summed E-state index contributed by atoms with van der Waals surface area (Å²) in [5.41, 5.74) is 2.07. The van der Waals surface area contributed by atoms with Crippen molar-refractivity contribution in [3.8, 4) is 0 Å². The van der Waals surface area contributed by atoms with Crippen molar-refractivity contribution in [2.75, 3.05) is 15.8 Å². The highest BCUT2D eigenvalue weighted by Crippen LogP contribution is 2.28. The standard InChI is InChI=1S/C18H20N4O4S2/c1-5-28(25,26)21-13-7-6-12(8-10(13)2)20-16(23)15-11(3)14-17(27-15)19-9-22(4)18(14)24/h6-9,21H,5H2,1-4H3,(H,20,23). The zero-order valence-electron chi connectivity index (χ0n) is 15.9. The Balaban J connectivity index is 1.89. The Morgan fingerprint density at radius 3 is 2.64 bits per heavy atom. The molecule has 3 rings (SSSR count). The third kappa shape index (κ3) is 3.78. The normalized spacial score (nSPS) is 11.6. The van der Waals surface area contributed by atoms with Gasteiger partial charge in [-0.25, -0.2) is 13.4 Å². The average molecular weight is 421 g/mol. The van der Waals surface area contributed by atoms with Crippen molar-refractivity contribution in [3.63, 3.8) is 0 Å². The van der Waals surface area contributed by atoms with Crippen molar-refractivity contribution in [1.29, 1.82) is 0 Å². The van der Waals surface area contributed by atoms with Crippen LogP contribution in [0.25, 0.3) is 10.2 Å². The van der Waals surface area contributed by atoms with E-state index in [1.165, 1.54) is 10.9 Å². The fraction of sp³-hybridized carbons (Fsp3) is 0.278. The Kier molecular flexibility index (Phi) is 5.26. The summed E-state index contributed by atoms with van der Waals surface area (Å²) >= 11 is 1.16. The molecule has 0 aliphatic carbocycles. The van der Waals surface area contributed by atoms with Crippen LogP contribution >= 0.6 is 11.3 Å². The number of anilines is 2. The third-order valence-electron chi connectivity index (χ3n) is 4.35. The largest absolute Gasteiger partial charge is 0.321 e. The molecule has 2 N–H and O–H groups in total. The van der Waals surface area contributed by atoms with Gasteiger partial charge in [-0.1, -0.05) is 0 Å². The van der Waals surface area contributed by atoms with Crippen LogP contribution < -0.4 is 15.6 Å². The topological polar surface area (TPSA) is 110 Å². The number of carbonyl (C=O) groups is 1. The number of fused-ring (bicyclic) bond motifs is 1. The van der Waals surface area contributed by atoms with E-state index < -0.39 is 10.0 Å². The number of nitrogens with one attached hydrogen (secondary N) is 2. The molecule has 10 heteroatoms. The van der Waals surface area contributed by atoms with E-state index in [2.05, 4.69) is 15.0 Å². The van der Waals surface area contributed by atoms with E-state index in [-0.39, 0.29) is 17.2 Å². The lowest BCUT2D eigenvalue weighted by molar-refractivity contribution is 0.103. The average Bonchev–Trinajstić information content (AvgIpc) is 2.98. The van der Waals surface area contributed by atoms with E-state index in [1.54, 1.807) is 46.0 Å². The number of aromatic nitrogens is 2. The molecule has 0 radical (unpaired) electrons. The maximum Gasteiger partial charge on any atom is 0.266 e. The van der Waals surface area contributed by atoms with Crippen LogP contribution in [-0.4, -0.2) is 29.6 Å². The maximum atomic E-state index is 12.7. The van der Waals surface area contributed by atoms with Gasteiger partial charge in [0.2, 0.25) is 10.0 Å². The van der Waals surface area contributed by atoms with Gasteiger partial charge in [0, 0.05) is 12.7 Å². The van der Waals surface area contributed by atoms with Crippen LogP contribution in [0.3, 0.4) is 0 Å². The van der Waals surface area contributed by atoms with Gasteiger partial charge < -0.3 is 9.88 Å². The van der Waals surface area contributed by atoms with Gasteiger partial charge in [0.05, 0.1) is 28.0 Å². The lowest BCUT2D eigenvalue weighted by Crippen LogP contribution is -2.17. The molecule has 2 aromatic heterocycles. The van der Waals surface area contributed by atoms with Gasteiger partial charge in [0.25, 0.3) is 11.5 Å². The lowest BCUT2D eigenvalue weighted by atomic mass is 10.1. The molecule has 0 aliphatic rings. The summed E-state index contributed by atoms with van der Waals surface area (Å²) in [6.45, 7) is 5.04. The van der Waals surface area contributed by atoms with Crippen molar-refractivity contribution in [3.05, 3.63) is 50.9 Å². The molecule has 0 saturated heterocycles. The molecule has 8 nitrogen and oxygen atoms in total. The van der Waals surface area contributed by atoms with Crippen LogP contribution in [-0.2, 0) is 17.1 Å². The predicted octanol–water partition coefficient (Wildman–Crippen LogP) is 2.63. The highest BCUT2D eigenvalue weighted by Gasteiger charge is 2.19. The zero-order valence-corrected chi connectivity index (χ0v) is 17.5. The summed E-state index contributed by atoms with van der Waals surface area (Å²) in [6.07, 6.45) is 1.43.